The predicted molar refractivity (Wildman–Crippen MR) is 88.3 cm³/mol. The number of fused-ring (bicyclic) bond motifs is 3. The van der Waals surface area contributed by atoms with Gasteiger partial charge in [-0.2, -0.15) is 13.2 Å². The molecular weight excluding hydrogens is 351 g/mol. The summed E-state index contributed by atoms with van der Waals surface area (Å²) in [7, 11) is 0. The van der Waals surface area contributed by atoms with Crippen LogP contribution in [0.4, 0.5) is 18.9 Å². The van der Waals surface area contributed by atoms with Gasteiger partial charge in [-0.05, 0) is 36.4 Å². The molecule has 0 aliphatic heterocycles. The maximum Gasteiger partial charge on any atom is 0.452 e. The highest BCUT2D eigenvalue weighted by Crippen LogP contribution is 2.35. The highest BCUT2D eigenvalue weighted by molar-refractivity contribution is 7.99. The minimum atomic E-state index is -4.62. The second-order valence-electron chi connectivity index (χ2n) is 5.26. The smallest absolute Gasteiger partial charge is 0.399 e. The summed E-state index contributed by atoms with van der Waals surface area (Å²) in [5.41, 5.74) is 7.05. The number of nitrogen functional groups attached to an aromatic ring is 1. The molecule has 25 heavy (non-hydrogen) atoms. The zero-order valence-electron chi connectivity index (χ0n) is 12.5. The van der Waals surface area contributed by atoms with Gasteiger partial charge in [-0.15, -0.1) is 10.2 Å². The van der Waals surface area contributed by atoms with E-state index in [1.54, 1.807) is 48.5 Å². The van der Waals surface area contributed by atoms with Crippen LogP contribution in [0.15, 0.2) is 58.5 Å². The second kappa shape index (κ2) is 5.62. The normalized spacial score (nSPS) is 12.1. The van der Waals surface area contributed by atoms with Crippen molar-refractivity contribution in [3.05, 3.63) is 54.4 Å². The molecule has 0 atom stereocenters. The fourth-order valence-corrected chi connectivity index (χ4v) is 3.32. The number of nitrogens with two attached hydrogens (primary N) is 1. The Hall–Kier alpha value is -2.81. The minimum absolute atomic E-state index is 0.0628. The van der Waals surface area contributed by atoms with E-state index in [2.05, 4.69) is 15.2 Å². The Morgan fingerprint density at radius 2 is 1.68 bits per heavy atom. The second-order valence-corrected chi connectivity index (χ2v) is 6.32. The number of hydrogen-bond donors (Lipinski definition) is 1. The molecule has 0 spiro atoms. The van der Waals surface area contributed by atoms with Crippen molar-refractivity contribution < 1.29 is 13.2 Å². The number of rotatable bonds is 2. The number of nitrogens with zero attached hydrogens (tertiary/aromatic N) is 4. The molecule has 9 heteroatoms. The lowest BCUT2D eigenvalue weighted by Gasteiger charge is -2.09. The van der Waals surface area contributed by atoms with Crippen LogP contribution in [0.2, 0.25) is 0 Å². The van der Waals surface area contributed by atoms with Gasteiger partial charge in [0.1, 0.15) is 5.03 Å². The molecule has 4 rings (SSSR count). The van der Waals surface area contributed by atoms with E-state index in [9.17, 15) is 13.2 Å². The molecule has 0 fully saturated rings. The molecule has 2 aromatic carbocycles. The summed E-state index contributed by atoms with van der Waals surface area (Å²) in [6.07, 6.45) is -4.62. The van der Waals surface area contributed by atoms with Crippen LogP contribution in [0.5, 0.6) is 0 Å². The summed E-state index contributed by atoms with van der Waals surface area (Å²) >= 11 is 1.21. The number of hydrogen-bond acceptors (Lipinski definition) is 5. The Labute approximate surface area is 143 Å². The van der Waals surface area contributed by atoms with E-state index in [0.717, 1.165) is 9.30 Å². The summed E-state index contributed by atoms with van der Waals surface area (Å²) in [5.74, 6) is -1.07. The summed E-state index contributed by atoms with van der Waals surface area (Å²) in [6, 6.07) is 13.6. The van der Waals surface area contributed by atoms with E-state index >= 15 is 0 Å². The predicted octanol–water partition coefficient (Wildman–Crippen LogP) is 4.03. The maximum atomic E-state index is 13.3. The molecule has 0 aliphatic carbocycles. The maximum absolute atomic E-state index is 13.3. The highest BCUT2D eigenvalue weighted by Gasteiger charge is 2.38. The SMILES string of the molecule is Nc1ccc(Sc2nc3ccccc3n3c(C(F)(F)F)nnc23)cc1. The summed E-state index contributed by atoms with van der Waals surface area (Å²) in [4.78, 5) is 5.24. The Kier molecular flexibility index (Phi) is 3.53. The number of halogens is 3. The van der Waals surface area contributed by atoms with Crippen molar-refractivity contribution >= 4 is 34.1 Å². The van der Waals surface area contributed by atoms with Crippen molar-refractivity contribution in [1.29, 1.82) is 0 Å². The standard InChI is InChI=1S/C16H10F3N5S/c17-16(18,19)15-23-22-13-14(25-10-7-5-9(20)6-8-10)21-11-3-1-2-4-12(11)24(13)15/h1-8H,20H2. The molecule has 2 heterocycles. The van der Waals surface area contributed by atoms with Gasteiger partial charge in [0.15, 0.2) is 5.65 Å². The Morgan fingerprint density at radius 3 is 2.40 bits per heavy atom. The Bertz CT molecular complexity index is 1070. The molecule has 2 N–H and O–H groups in total. The number of aromatic nitrogens is 4. The molecule has 5 nitrogen and oxygen atoms in total. The summed E-state index contributed by atoms with van der Waals surface area (Å²) in [6.45, 7) is 0. The Balaban J connectivity index is 1.97. The quantitative estimate of drug-likeness (QED) is 0.546. The van der Waals surface area contributed by atoms with E-state index in [-0.39, 0.29) is 5.65 Å². The van der Waals surface area contributed by atoms with Crippen LogP contribution in [0, 0.1) is 0 Å². The van der Waals surface area contributed by atoms with Crippen molar-refractivity contribution in [1.82, 2.24) is 19.6 Å². The summed E-state index contributed by atoms with van der Waals surface area (Å²) < 4.78 is 41.0. The molecule has 4 aromatic rings. The van der Waals surface area contributed by atoms with Gasteiger partial charge in [-0.3, -0.25) is 4.40 Å². The van der Waals surface area contributed by atoms with E-state index in [1.807, 2.05) is 0 Å². The Morgan fingerprint density at radius 1 is 0.960 bits per heavy atom. The molecule has 0 radical (unpaired) electrons. The zero-order valence-corrected chi connectivity index (χ0v) is 13.3. The number of benzene rings is 2. The van der Waals surface area contributed by atoms with Gasteiger partial charge < -0.3 is 5.73 Å². The molecular formula is C16H10F3N5S. The van der Waals surface area contributed by atoms with Crippen molar-refractivity contribution in [3.63, 3.8) is 0 Å². The van der Waals surface area contributed by atoms with Gasteiger partial charge >= 0.3 is 6.18 Å². The van der Waals surface area contributed by atoms with E-state index in [1.165, 1.54) is 11.8 Å². The number of alkyl halides is 3. The molecule has 0 bridgehead atoms. The van der Waals surface area contributed by atoms with Crippen LogP contribution in [0.25, 0.3) is 16.7 Å². The first-order valence-corrected chi connectivity index (χ1v) is 7.99. The van der Waals surface area contributed by atoms with Crippen molar-refractivity contribution in [2.75, 3.05) is 5.73 Å². The first-order chi connectivity index (χ1) is 11.9. The first kappa shape index (κ1) is 15.7. The third-order valence-corrected chi connectivity index (χ3v) is 4.52. The lowest BCUT2D eigenvalue weighted by Crippen LogP contribution is -2.11. The van der Waals surface area contributed by atoms with Gasteiger partial charge in [-0.25, -0.2) is 4.98 Å². The fourth-order valence-electron chi connectivity index (χ4n) is 2.46. The average molecular weight is 361 g/mol. The molecule has 0 saturated heterocycles. The van der Waals surface area contributed by atoms with Crippen LogP contribution < -0.4 is 5.73 Å². The van der Waals surface area contributed by atoms with Crippen LogP contribution in [0.3, 0.4) is 0 Å². The van der Waals surface area contributed by atoms with Gasteiger partial charge in [0.2, 0.25) is 5.82 Å². The van der Waals surface area contributed by atoms with Gasteiger partial charge in [-0.1, -0.05) is 23.9 Å². The lowest BCUT2D eigenvalue weighted by atomic mass is 10.3. The largest absolute Gasteiger partial charge is 0.452 e. The molecule has 0 saturated carbocycles. The molecule has 2 aromatic heterocycles. The molecule has 0 unspecified atom stereocenters. The third kappa shape index (κ3) is 2.76. The zero-order chi connectivity index (χ0) is 17.6. The van der Waals surface area contributed by atoms with Crippen LogP contribution in [-0.4, -0.2) is 19.6 Å². The van der Waals surface area contributed by atoms with Crippen molar-refractivity contribution in [2.24, 2.45) is 0 Å². The van der Waals surface area contributed by atoms with Crippen molar-refractivity contribution in [2.45, 2.75) is 16.1 Å². The molecule has 0 amide bonds. The van der Waals surface area contributed by atoms with Gasteiger partial charge in [0.05, 0.1) is 11.0 Å². The lowest BCUT2D eigenvalue weighted by molar-refractivity contribution is -0.145. The van der Waals surface area contributed by atoms with Crippen LogP contribution >= 0.6 is 11.8 Å². The topological polar surface area (TPSA) is 69.1 Å². The van der Waals surface area contributed by atoms with Crippen LogP contribution in [0.1, 0.15) is 5.82 Å². The highest BCUT2D eigenvalue weighted by atomic mass is 32.2. The van der Waals surface area contributed by atoms with E-state index < -0.39 is 12.0 Å². The molecule has 126 valence electrons. The molecule has 0 aliphatic rings. The number of para-hydroxylation sites is 2. The number of anilines is 1. The van der Waals surface area contributed by atoms with Crippen molar-refractivity contribution in [3.8, 4) is 0 Å². The van der Waals surface area contributed by atoms with Gasteiger partial charge in [0, 0.05) is 10.6 Å². The van der Waals surface area contributed by atoms with Crippen LogP contribution in [-0.2, 0) is 6.18 Å². The third-order valence-electron chi connectivity index (χ3n) is 3.55. The average Bonchev–Trinajstić information content (AvgIpc) is 3.03. The van der Waals surface area contributed by atoms with Gasteiger partial charge in [0.25, 0.3) is 0 Å². The van der Waals surface area contributed by atoms with E-state index in [4.69, 9.17) is 5.73 Å². The fraction of sp³-hybridized carbons (Fsp3) is 0.0625. The minimum Gasteiger partial charge on any atom is -0.399 e. The first-order valence-electron chi connectivity index (χ1n) is 7.18. The monoisotopic (exact) mass is 361 g/mol. The summed E-state index contributed by atoms with van der Waals surface area (Å²) in [5, 5.41) is 7.42. The van der Waals surface area contributed by atoms with E-state index in [0.29, 0.717) is 21.7 Å².